The van der Waals surface area contributed by atoms with Gasteiger partial charge in [-0.25, -0.2) is 0 Å². The Morgan fingerprint density at radius 3 is 0.843 bits per heavy atom. The molecule has 70 heavy (non-hydrogen) atoms. The SMILES string of the molecule is CCCC/C=C\C/C=C\CCCCCCCC(=O)OC(COC(=O)CCCCCCC/C=C\CCCC)COC(=O)CCCCCCCCCCCCCCCCCCCCCCCCCCCCC. The molecule has 0 aliphatic carbocycles. The number of rotatable bonds is 57. The number of ether oxygens (including phenoxy) is 3. The van der Waals surface area contributed by atoms with Crippen LogP contribution in [0.4, 0.5) is 0 Å². The number of unbranched alkanes of at least 4 members (excludes halogenated alkanes) is 40. The lowest BCUT2D eigenvalue weighted by Crippen LogP contribution is -2.30. The molecule has 6 heteroatoms. The minimum absolute atomic E-state index is 0.0771. The fraction of sp³-hybridized carbons (Fsp3) is 0.859. The van der Waals surface area contributed by atoms with Gasteiger partial charge >= 0.3 is 17.9 Å². The number of hydrogen-bond acceptors (Lipinski definition) is 6. The number of hydrogen-bond donors (Lipinski definition) is 0. The van der Waals surface area contributed by atoms with Crippen LogP contribution in [0.2, 0.25) is 0 Å². The summed E-state index contributed by atoms with van der Waals surface area (Å²) in [7, 11) is 0. The molecule has 410 valence electrons. The maximum Gasteiger partial charge on any atom is 0.306 e. The summed E-state index contributed by atoms with van der Waals surface area (Å²) in [5, 5.41) is 0. The van der Waals surface area contributed by atoms with E-state index in [4.69, 9.17) is 14.2 Å². The van der Waals surface area contributed by atoms with Crippen LogP contribution in [0, 0.1) is 0 Å². The van der Waals surface area contributed by atoms with Crippen LogP contribution in [0.5, 0.6) is 0 Å². The quantitative estimate of drug-likeness (QED) is 0.0261. The highest BCUT2D eigenvalue weighted by Gasteiger charge is 2.19. The summed E-state index contributed by atoms with van der Waals surface area (Å²) in [5.41, 5.74) is 0. The Bertz CT molecular complexity index is 1170. The molecule has 0 radical (unpaired) electrons. The van der Waals surface area contributed by atoms with Crippen LogP contribution < -0.4 is 0 Å². The molecule has 0 aromatic heterocycles. The highest BCUT2D eigenvalue weighted by atomic mass is 16.6. The van der Waals surface area contributed by atoms with Crippen LogP contribution in [0.3, 0.4) is 0 Å². The van der Waals surface area contributed by atoms with Gasteiger partial charge in [-0.1, -0.05) is 288 Å². The Labute approximate surface area is 435 Å². The Kier molecular flexibility index (Phi) is 57.2. The van der Waals surface area contributed by atoms with E-state index in [1.165, 1.54) is 205 Å². The van der Waals surface area contributed by atoms with Crippen LogP contribution in [0.15, 0.2) is 36.5 Å². The van der Waals surface area contributed by atoms with Gasteiger partial charge in [0, 0.05) is 19.3 Å². The Morgan fingerprint density at radius 2 is 0.529 bits per heavy atom. The molecule has 0 aromatic carbocycles. The van der Waals surface area contributed by atoms with E-state index in [1.54, 1.807) is 0 Å². The van der Waals surface area contributed by atoms with E-state index in [1.807, 2.05) is 0 Å². The first-order chi connectivity index (χ1) is 34.5. The molecule has 0 aliphatic heterocycles. The first-order valence-corrected chi connectivity index (χ1v) is 31.0. The molecule has 1 unspecified atom stereocenters. The van der Waals surface area contributed by atoms with Crippen LogP contribution in [-0.2, 0) is 28.6 Å². The minimum Gasteiger partial charge on any atom is -0.462 e. The van der Waals surface area contributed by atoms with Gasteiger partial charge in [-0.05, 0) is 64.2 Å². The number of allylic oxidation sites excluding steroid dienone is 6. The molecule has 0 spiro atoms. The molecule has 1 atom stereocenters. The maximum atomic E-state index is 12.8. The van der Waals surface area contributed by atoms with Crippen molar-refractivity contribution in [1.29, 1.82) is 0 Å². The molecular weight excluding hydrogens is 865 g/mol. The minimum atomic E-state index is -0.780. The first kappa shape index (κ1) is 67.6. The van der Waals surface area contributed by atoms with Gasteiger partial charge in [0.2, 0.25) is 0 Å². The average Bonchev–Trinajstić information content (AvgIpc) is 3.36. The van der Waals surface area contributed by atoms with Gasteiger partial charge < -0.3 is 14.2 Å². The molecule has 0 fully saturated rings. The van der Waals surface area contributed by atoms with Crippen molar-refractivity contribution in [2.45, 2.75) is 341 Å². The first-order valence-electron chi connectivity index (χ1n) is 31.0. The average molecular weight is 984 g/mol. The topological polar surface area (TPSA) is 78.9 Å². The van der Waals surface area contributed by atoms with Crippen molar-refractivity contribution >= 4 is 17.9 Å². The van der Waals surface area contributed by atoms with Crippen molar-refractivity contribution in [2.75, 3.05) is 13.2 Å². The second-order valence-electron chi connectivity index (χ2n) is 21.0. The molecular formula is C64H118O6. The number of carbonyl (C=O) groups excluding carboxylic acids is 3. The molecule has 0 aliphatic rings. The van der Waals surface area contributed by atoms with Crippen molar-refractivity contribution < 1.29 is 28.6 Å². The zero-order valence-corrected chi connectivity index (χ0v) is 47.1. The van der Waals surface area contributed by atoms with Crippen molar-refractivity contribution in [3.05, 3.63) is 36.5 Å². The van der Waals surface area contributed by atoms with Crippen LogP contribution >= 0.6 is 0 Å². The summed E-state index contributed by atoms with van der Waals surface area (Å²) in [4.78, 5) is 38.1. The molecule has 0 saturated heterocycles. The lowest BCUT2D eigenvalue weighted by molar-refractivity contribution is -0.167. The zero-order chi connectivity index (χ0) is 50.7. The van der Waals surface area contributed by atoms with E-state index < -0.39 is 6.10 Å². The van der Waals surface area contributed by atoms with Crippen LogP contribution in [0.25, 0.3) is 0 Å². The van der Waals surface area contributed by atoms with Crippen molar-refractivity contribution in [3.8, 4) is 0 Å². The Balaban J connectivity index is 4.14. The second kappa shape index (κ2) is 59.2. The molecule has 0 amide bonds. The van der Waals surface area contributed by atoms with Gasteiger partial charge in [0.05, 0.1) is 0 Å². The van der Waals surface area contributed by atoms with E-state index in [-0.39, 0.29) is 31.1 Å². The van der Waals surface area contributed by atoms with E-state index in [0.717, 1.165) is 89.9 Å². The maximum absolute atomic E-state index is 12.8. The molecule has 0 saturated carbocycles. The molecule has 0 rings (SSSR count). The van der Waals surface area contributed by atoms with Gasteiger partial charge in [0.1, 0.15) is 13.2 Å². The fourth-order valence-electron chi connectivity index (χ4n) is 9.15. The van der Waals surface area contributed by atoms with Gasteiger partial charge in [-0.3, -0.25) is 14.4 Å². The number of carbonyl (C=O) groups is 3. The Hall–Kier alpha value is -2.37. The summed E-state index contributed by atoms with van der Waals surface area (Å²) in [5.74, 6) is -0.884. The summed E-state index contributed by atoms with van der Waals surface area (Å²) in [6, 6.07) is 0. The van der Waals surface area contributed by atoms with Crippen LogP contribution in [-0.4, -0.2) is 37.2 Å². The third kappa shape index (κ3) is 56.5. The molecule has 6 nitrogen and oxygen atoms in total. The van der Waals surface area contributed by atoms with Crippen molar-refractivity contribution in [1.82, 2.24) is 0 Å². The van der Waals surface area contributed by atoms with Gasteiger partial charge in [0.15, 0.2) is 6.10 Å². The predicted octanol–water partition coefficient (Wildman–Crippen LogP) is 20.8. The standard InChI is InChI=1S/C64H118O6/c1-4-7-10-13-16-19-22-24-26-27-28-29-30-31-32-33-34-35-36-37-38-40-42-45-48-51-54-57-63(66)69-60-61(59-68-62(65)56-53-50-47-44-41-21-18-15-12-9-6-3)70-64(67)58-55-52-49-46-43-39-25-23-20-17-14-11-8-5-2/h14-15,17-18,23,25,61H,4-13,16,19-22,24,26-60H2,1-3H3/b17-14-,18-15-,25-23-. The summed E-state index contributed by atoms with van der Waals surface area (Å²) < 4.78 is 16.8. The van der Waals surface area contributed by atoms with Gasteiger partial charge in [-0.15, -0.1) is 0 Å². The lowest BCUT2D eigenvalue weighted by Gasteiger charge is -2.18. The second-order valence-corrected chi connectivity index (χ2v) is 21.0. The van der Waals surface area contributed by atoms with Gasteiger partial charge in [-0.2, -0.15) is 0 Å². The summed E-state index contributed by atoms with van der Waals surface area (Å²) >= 11 is 0. The fourth-order valence-corrected chi connectivity index (χ4v) is 9.15. The van der Waals surface area contributed by atoms with Crippen molar-refractivity contribution in [3.63, 3.8) is 0 Å². The van der Waals surface area contributed by atoms with Crippen LogP contribution in [0.1, 0.15) is 335 Å². The third-order valence-corrected chi connectivity index (χ3v) is 13.9. The molecule has 0 heterocycles. The van der Waals surface area contributed by atoms with E-state index >= 15 is 0 Å². The smallest absolute Gasteiger partial charge is 0.306 e. The summed E-state index contributed by atoms with van der Waals surface area (Å²) in [6.45, 7) is 6.59. The largest absolute Gasteiger partial charge is 0.462 e. The molecule has 0 N–H and O–H groups in total. The zero-order valence-electron chi connectivity index (χ0n) is 47.1. The number of esters is 3. The van der Waals surface area contributed by atoms with E-state index in [2.05, 4.69) is 57.2 Å². The molecule has 0 aromatic rings. The lowest BCUT2D eigenvalue weighted by atomic mass is 10.0. The Morgan fingerprint density at radius 1 is 0.286 bits per heavy atom. The molecule has 0 bridgehead atoms. The van der Waals surface area contributed by atoms with E-state index in [9.17, 15) is 14.4 Å². The third-order valence-electron chi connectivity index (χ3n) is 13.9. The summed E-state index contributed by atoms with van der Waals surface area (Å²) in [6.07, 6.45) is 71.7. The van der Waals surface area contributed by atoms with Crippen molar-refractivity contribution in [2.24, 2.45) is 0 Å². The van der Waals surface area contributed by atoms with E-state index in [0.29, 0.717) is 19.3 Å². The highest BCUT2D eigenvalue weighted by Crippen LogP contribution is 2.18. The van der Waals surface area contributed by atoms with Gasteiger partial charge in [0.25, 0.3) is 0 Å². The predicted molar refractivity (Wildman–Crippen MR) is 302 cm³/mol. The normalized spacial score (nSPS) is 12.2. The monoisotopic (exact) mass is 983 g/mol. The highest BCUT2D eigenvalue weighted by molar-refractivity contribution is 5.71.